The molecule has 1 nitrogen and oxygen atoms in total. The third-order valence-electron chi connectivity index (χ3n) is 2.60. The topological polar surface area (TPSA) is 19.9 Å². The second kappa shape index (κ2) is 14.2. The van der Waals surface area contributed by atoms with Gasteiger partial charge in [-0.1, -0.05) is 6.08 Å². The molecule has 0 saturated carbocycles. The fraction of sp³-hybridized carbons (Fsp3) is 0.667. The van der Waals surface area contributed by atoms with Crippen LogP contribution in [0, 0.1) is 6.15 Å². The van der Waals surface area contributed by atoms with Gasteiger partial charge in [0.2, 0.25) is 0 Å². The summed E-state index contributed by atoms with van der Waals surface area (Å²) < 4.78 is 9.95. The Bertz CT molecular complexity index is 210. The molecule has 0 heterocycles. The molecule has 0 aliphatic rings. The van der Waals surface area contributed by atoms with Gasteiger partial charge in [-0.3, -0.25) is 0 Å². The van der Waals surface area contributed by atoms with Crippen LogP contribution in [0.4, 0.5) is 0 Å². The predicted molar refractivity (Wildman–Crippen MR) is 70.1 cm³/mol. The average molecular weight is 221 g/mol. The zero-order valence-electron chi connectivity index (χ0n) is 10.4. The Kier molecular flexibility index (Phi) is 13.5. The quantitative estimate of drug-likeness (QED) is 0.265. The van der Waals surface area contributed by atoms with Crippen LogP contribution in [0.2, 0.25) is 0 Å². The van der Waals surface area contributed by atoms with Crippen molar-refractivity contribution >= 4 is 0 Å². The molecule has 0 amide bonds. The minimum atomic E-state index is 0.614. The Labute approximate surface area is 100 Å². The summed E-state index contributed by atoms with van der Waals surface area (Å²) >= 11 is 0. The van der Waals surface area contributed by atoms with Gasteiger partial charge in [0.1, 0.15) is 0 Å². The molecule has 1 heteroatoms. The van der Waals surface area contributed by atoms with Crippen LogP contribution in [0.1, 0.15) is 64.2 Å². The molecule has 90 valence electrons. The number of rotatable bonds is 11. The van der Waals surface area contributed by atoms with E-state index in [1.54, 1.807) is 0 Å². The van der Waals surface area contributed by atoms with Crippen LogP contribution in [0.15, 0.2) is 24.8 Å². The van der Waals surface area contributed by atoms with Gasteiger partial charge in [-0.25, -0.2) is 0 Å². The average Bonchev–Trinajstić information content (AvgIpc) is 2.31. The molecule has 0 aromatic rings. The first-order valence-electron chi connectivity index (χ1n) is 6.52. The zero-order valence-corrected chi connectivity index (χ0v) is 10.4. The molecule has 0 aromatic heterocycles. The summed E-state index contributed by atoms with van der Waals surface area (Å²) in [7, 11) is 0. The summed E-state index contributed by atoms with van der Waals surface area (Å²) in [6, 6.07) is 0. The predicted octanol–water partition coefficient (Wildman–Crippen LogP) is 5.02. The number of allylic oxidation sites excluding steroid dienone is 3. The van der Waals surface area contributed by atoms with Crippen LogP contribution in [-0.4, -0.2) is 0 Å². The molecule has 0 spiro atoms. The van der Waals surface area contributed by atoms with Gasteiger partial charge < -0.3 is 0 Å². The Morgan fingerprint density at radius 2 is 1.44 bits per heavy atom. The first-order chi connectivity index (χ1) is 7.91. The third kappa shape index (κ3) is 13.2. The first kappa shape index (κ1) is 15.2. The molecular weight excluding hydrogens is 196 g/mol. The van der Waals surface area contributed by atoms with E-state index in [4.69, 9.17) is 0 Å². The van der Waals surface area contributed by atoms with Crippen LogP contribution in [0.25, 0.3) is 0 Å². The monoisotopic (exact) mass is 221 g/mol. The van der Waals surface area contributed by atoms with Crippen molar-refractivity contribution in [2.45, 2.75) is 64.2 Å². The second-order valence-corrected chi connectivity index (χ2v) is 4.14. The van der Waals surface area contributed by atoms with Gasteiger partial charge in [0.05, 0.1) is 0 Å². The van der Waals surface area contributed by atoms with Crippen molar-refractivity contribution in [3.63, 3.8) is 0 Å². The second-order valence-electron chi connectivity index (χ2n) is 4.14. The van der Waals surface area contributed by atoms with Crippen LogP contribution in [0.3, 0.4) is 0 Å². The van der Waals surface area contributed by atoms with Crippen LogP contribution < -0.4 is 0 Å². The molecule has 0 atom stereocenters. The van der Waals surface area contributed by atoms with E-state index in [0.29, 0.717) is 6.42 Å². The van der Waals surface area contributed by atoms with Gasteiger partial charge in [0, 0.05) is 0 Å². The number of unbranched alkanes of at least 4 members (excludes halogenated alkanes) is 8. The van der Waals surface area contributed by atoms with Crippen LogP contribution in [-0.2, 0) is 4.65 Å². The molecule has 0 fully saturated rings. The molecule has 0 aliphatic carbocycles. The van der Waals surface area contributed by atoms with Gasteiger partial charge in [-0.05, 0) is 6.42 Å². The summed E-state index contributed by atoms with van der Waals surface area (Å²) in [5.74, 6) is 0. The number of hydrogen-bond donors (Lipinski definition) is 0. The molecule has 0 saturated heterocycles. The van der Waals surface area contributed by atoms with E-state index < -0.39 is 0 Å². The van der Waals surface area contributed by atoms with Crippen molar-refractivity contribution < 1.29 is 4.65 Å². The van der Waals surface area contributed by atoms with E-state index in [-0.39, 0.29) is 0 Å². The zero-order chi connectivity index (χ0) is 11.9. The molecule has 16 heavy (non-hydrogen) atoms. The number of hydrogen-bond acceptors (Lipinski definition) is 0. The Balaban J connectivity index is 3.03. The van der Waals surface area contributed by atoms with E-state index in [2.05, 4.69) is 18.7 Å². The molecule has 0 aromatic carbocycles. The van der Waals surface area contributed by atoms with Crippen molar-refractivity contribution in [1.29, 1.82) is 0 Å². The molecule has 0 unspecified atom stereocenters. The standard InChI is InChI=1S/C15H25O/c1-2-3-4-5-6-7-8-9-10-11-12-13-14-15-16/h2,6-7H,1,3-5,8-14H2/q+1/b7-6+. The van der Waals surface area contributed by atoms with Crippen molar-refractivity contribution in [1.82, 2.24) is 0 Å². The summed E-state index contributed by atoms with van der Waals surface area (Å²) in [6.07, 6.45) is 19.9. The Morgan fingerprint density at radius 3 is 2.12 bits per heavy atom. The van der Waals surface area contributed by atoms with Crippen LogP contribution in [0.5, 0.6) is 0 Å². The third-order valence-corrected chi connectivity index (χ3v) is 2.60. The van der Waals surface area contributed by atoms with Crippen molar-refractivity contribution in [3.8, 4) is 6.15 Å². The fourth-order valence-corrected chi connectivity index (χ4v) is 1.61. The first-order valence-corrected chi connectivity index (χ1v) is 6.52. The van der Waals surface area contributed by atoms with Crippen LogP contribution >= 0.6 is 0 Å². The van der Waals surface area contributed by atoms with Gasteiger partial charge in [-0.15, -0.1) is 6.58 Å². The van der Waals surface area contributed by atoms with Gasteiger partial charge in [0.25, 0.3) is 0 Å². The normalized spacial score (nSPS) is 10.4. The Hall–Kier alpha value is -0.780. The van der Waals surface area contributed by atoms with Gasteiger partial charge in [0.15, 0.2) is 0 Å². The Morgan fingerprint density at radius 1 is 0.812 bits per heavy atom. The SMILES string of the molecule is C=CCCC/C=C/CCCCCCCC#[O+]. The van der Waals surface area contributed by atoms with E-state index in [0.717, 1.165) is 12.8 Å². The summed E-state index contributed by atoms with van der Waals surface area (Å²) in [4.78, 5) is 0. The molecular formula is C15H25O+. The minimum absolute atomic E-state index is 0.614. The summed E-state index contributed by atoms with van der Waals surface area (Å²) in [5.41, 5.74) is 0. The molecule has 0 N–H and O–H groups in total. The molecule has 0 radical (unpaired) electrons. The van der Waals surface area contributed by atoms with E-state index in [9.17, 15) is 4.65 Å². The fourth-order valence-electron chi connectivity index (χ4n) is 1.61. The van der Waals surface area contributed by atoms with Gasteiger partial charge >= 0.3 is 80.7 Å². The molecule has 0 rings (SSSR count). The van der Waals surface area contributed by atoms with Gasteiger partial charge in [-0.2, -0.15) is 0 Å². The summed E-state index contributed by atoms with van der Waals surface area (Å²) in [6.45, 7) is 3.70. The molecule has 0 aliphatic heterocycles. The van der Waals surface area contributed by atoms with E-state index in [1.165, 1.54) is 44.9 Å². The van der Waals surface area contributed by atoms with Crippen molar-refractivity contribution in [3.05, 3.63) is 24.8 Å². The van der Waals surface area contributed by atoms with Crippen molar-refractivity contribution in [2.24, 2.45) is 0 Å². The van der Waals surface area contributed by atoms with E-state index >= 15 is 0 Å². The summed E-state index contributed by atoms with van der Waals surface area (Å²) in [5, 5.41) is 0. The van der Waals surface area contributed by atoms with E-state index in [1.807, 2.05) is 12.2 Å². The maximum absolute atomic E-state index is 9.95. The van der Waals surface area contributed by atoms with Crippen molar-refractivity contribution in [2.75, 3.05) is 0 Å². The molecule has 0 bridgehead atoms. The maximum atomic E-state index is 9.95.